The van der Waals surface area contributed by atoms with Crippen molar-refractivity contribution in [2.24, 2.45) is 5.41 Å². The number of aromatic nitrogens is 1. The van der Waals surface area contributed by atoms with Gasteiger partial charge in [-0.1, -0.05) is 6.07 Å². The van der Waals surface area contributed by atoms with Gasteiger partial charge >= 0.3 is 0 Å². The van der Waals surface area contributed by atoms with Crippen LogP contribution in [0.5, 0.6) is 0 Å². The molecule has 2 aliphatic rings. The molecule has 1 spiro atoms. The molecular formula is C19H19N3O3. The van der Waals surface area contributed by atoms with Crippen LogP contribution in [0.15, 0.2) is 42.7 Å². The number of pyridine rings is 1. The highest BCUT2D eigenvalue weighted by atomic mass is 16.5. The third kappa shape index (κ3) is 2.68. The van der Waals surface area contributed by atoms with E-state index in [9.17, 15) is 14.8 Å². The zero-order valence-corrected chi connectivity index (χ0v) is 13.7. The maximum Gasteiger partial charge on any atom is 0.281 e. The molecule has 1 aliphatic heterocycles. The average Bonchev–Trinajstić information content (AvgIpc) is 3.00. The van der Waals surface area contributed by atoms with E-state index in [4.69, 9.17) is 0 Å². The number of anilines is 1. The fourth-order valence-corrected chi connectivity index (χ4v) is 3.84. The van der Waals surface area contributed by atoms with Gasteiger partial charge in [-0.3, -0.25) is 19.8 Å². The molecule has 1 aromatic heterocycles. The predicted molar refractivity (Wildman–Crippen MR) is 91.4 cm³/mol. The molecule has 2 N–H and O–H groups in total. The van der Waals surface area contributed by atoms with E-state index in [-0.39, 0.29) is 11.3 Å². The number of rotatable bonds is 2. The number of carbonyl (C=O) groups is 2. The molecule has 128 valence electrons. The number of fused-ring (bicyclic) bond motifs is 1. The van der Waals surface area contributed by atoms with Crippen LogP contribution in [0, 0.1) is 5.41 Å². The van der Waals surface area contributed by atoms with Gasteiger partial charge in [-0.25, -0.2) is 0 Å². The Labute approximate surface area is 145 Å². The Morgan fingerprint density at radius 2 is 1.96 bits per heavy atom. The minimum Gasteiger partial charge on any atom is -0.356 e. The number of hydrogen-bond donors (Lipinski definition) is 2. The second-order valence-corrected chi connectivity index (χ2v) is 6.77. The number of hydroxylamine groups is 1. The molecule has 2 amide bonds. The van der Waals surface area contributed by atoms with Gasteiger partial charge in [0.2, 0.25) is 5.91 Å². The number of aryl methyl sites for hydroxylation is 1. The zero-order valence-electron chi connectivity index (χ0n) is 13.7. The highest BCUT2D eigenvalue weighted by Crippen LogP contribution is 2.41. The summed E-state index contributed by atoms with van der Waals surface area (Å²) < 4.78 is 0. The Hall–Kier alpha value is -2.73. The van der Waals surface area contributed by atoms with Gasteiger partial charge in [0.15, 0.2) is 0 Å². The maximum absolute atomic E-state index is 12.5. The molecule has 1 fully saturated rings. The Balaban J connectivity index is 1.58. The van der Waals surface area contributed by atoms with Crippen molar-refractivity contribution in [3.63, 3.8) is 0 Å². The first-order valence-electron chi connectivity index (χ1n) is 8.43. The highest BCUT2D eigenvalue weighted by Gasteiger charge is 2.44. The van der Waals surface area contributed by atoms with Crippen LogP contribution in [0.25, 0.3) is 0 Å². The summed E-state index contributed by atoms with van der Waals surface area (Å²) in [5.74, 6) is -0.328. The summed E-state index contributed by atoms with van der Waals surface area (Å²) in [6, 6.07) is 8.60. The van der Waals surface area contributed by atoms with E-state index in [1.807, 2.05) is 12.1 Å². The molecule has 1 aliphatic carbocycles. The van der Waals surface area contributed by atoms with Crippen LogP contribution in [-0.4, -0.2) is 28.6 Å². The average molecular weight is 337 g/mol. The van der Waals surface area contributed by atoms with Gasteiger partial charge in [0.25, 0.3) is 5.91 Å². The van der Waals surface area contributed by atoms with Crippen LogP contribution < -0.4 is 10.4 Å². The van der Waals surface area contributed by atoms with Crippen LogP contribution in [-0.2, 0) is 17.6 Å². The topological polar surface area (TPSA) is 82.5 Å². The molecule has 1 aromatic carbocycles. The van der Waals surface area contributed by atoms with Gasteiger partial charge in [0.1, 0.15) is 0 Å². The van der Waals surface area contributed by atoms with Crippen molar-refractivity contribution in [2.45, 2.75) is 25.7 Å². The molecule has 4 rings (SSSR count). The largest absolute Gasteiger partial charge is 0.356 e. The van der Waals surface area contributed by atoms with Crippen LogP contribution in [0.3, 0.4) is 0 Å². The lowest BCUT2D eigenvalue weighted by Gasteiger charge is -2.32. The lowest BCUT2D eigenvalue weighted by atomic mass is 9.70. The summed E-state index contributed by atoms with van der Waals surface area (Å²) in [5, 5.41) is 13.7. The lowest BCUT2D eigenvalue weighted by Crippen LogP contribution is -2.36. The summed E-state index contributed by atoms with van der Waals surface area (Å²) in [5.41, 5.74) is 2.73. The number of nitrogens with one attached hydrogen (secondary N) is 1. The Bertz CT molecular complexity index is 837. The number of nitrogens with zero attached hydrogens (tertiary/aromatic N) is 2. The second kappa shape index (κ2) is 5.97. The van der Waals surface area contributed by atoms with Crippen molar-refractivity contribution >= 4 is 17.5 Å². The monoisotopic (exact) mass is 337 g/mol. The molecule has 0 unspecified atom stereocenters. The van der Waals surface area contributed by atoms with Crippen LogP contribution in [0.1, 0.15) is 34.3 Å². The van der Waals surface area contributed by atoms with E-state index < -0.39 is 5.91 Å². The molecule has 0 saturated carbocycles. The number of hydrogen-bond acceptors (Lipinski definition) is 4. The highest BCUT2D eigenvalue weighted by molar-refractivity contribution is 6.04. The quantitative estimate of drug-likeness (QED) is 0.649. The molecule has 2 aromatic rings. The van der Waals surface area contributed by atoms with Crippen LogP contribution >= 0.6 is 0 Å². The molecule has 1 atom stereocenters. The first kappa shape index (κ1) is 15.8. The first-order valence-corrected chi connectivity index (χ1v) is 8.43. The summed E-state index contributed by atoms with van der Waals surface area (Å²) in [6.45, 7) is 0.746. The SMILES string of the molecule is O=C(c1ccc2c(c1)CC[C@@]1(CCNC1=O)C2)N(O)c1ccncc1. The number of amides is 2. The Morgan fingerprint density at radius 1 is 1.16 bits per heavy atom. The normalized spacial score (nSPS) is 21.7. The molecule has 25 heavy (non-hydrogen) atoms. The van der Waals surface area contributed by atoms with Gasteiger partial charge in [0.05, 0.1) is 11.1 Å². The van der Waals surface area contributed by atoms with Crippen molar-refractivity contribution in [2.75, 3.05) is 11.6 Å². The van der Waals surface area contributed by atoms with Crippen molar-refractivity contribution in [1.29, 1.82) is 0 Å². The fraction of sp³-hybridized carbons (Fsp3) is 0.316. The van der Waals surface area contributed by atoms with Gasteiger partial charge in [-0.2, -0.15) is 5.06 Å². The minimum absolute atomic E-state index is 0.150. The molecular weight excluding hydrogens is 318 g/mol. The van der Waals surface area contributed by atoms with E-state index in [1.165, 1.54) is 12.4 Å². The Kier molecular flexibility index (Phi) is 3.77. The molecule has 1 saturated heterocycles. The van der Waals surface area contributed by atoms with E-state index >= 15 is 0 Å². The van der Waals surface area contributed by atoms with Crippen molar-refractivity contribution < 1.29 is 14.8 Å². The van der Waals surface area contributed by atoms with Gasteiger partial charge in [-0.15, -0.1) is 0 Å². The fourth-order valence-electron chi connectivity index (χ4n) is 3.84. The van der Waals surface area contributed by atoms with Crippen LogP contribution in [0.2, 0.25) is 0 Å². The summed E-state index contributed by atoms with van der Waals surface area (Å²) in [6.07, 6.45) is 6.20. The molecule has 2 heterocycles. The van der Waals surface area contributed by atoms with Crippen LogP contribution in [0.4, 0.5) is 5.69 Å². The van der Waals surface area contributed by atoms with E-state index in [0.29, 0.717) is 16.3 Å². The van der Waals surface area contributed by atoms with E-state index in [0.717, 1.165) is 43.4 Å². The van der Waals surface area contributed by atoms with E-state index in [2.05, 4.69) is 10.3 Å². The summed E-state index contributed by atoms with van der Waals surface area (Å²) >= 11 is 0. The molecule has 6 heteroatoms. The van der Waals surface area contributed by atoms with Crippen molar-refractivity contribution in [1.82, 2.24) is 10.3 Å². The lowest BCUT2D eigenvalue weighted by molar-refractivity contribution is -0.128. The van der Waals surface area contributed by atoms with Gasteiger partial charge in [-0.05, 0) is 61.1 Å². The van der Waals surface area contributed by atoms with Gasteiger partial charge < -0.3 is 5.32 Å². The third-order valence-electron chi connectivity index (χ3n) is 5.33. The van der Waals surface area contributed by atoms with Gasteiger partial charge in [0, 0.05) is 24.5 Å². The maximum atomic E-state index is 12.5. The summed E-state index contributed by atoms with van der Waals surface area (Å²) in [7, 11) is 0. The molecule has 0 radical (unpaired) electrons. The standard InChI is InChI=1S/C19H19N3O3/c23-17(22(25)16-4-8-20-9-5-16)14-1-2-15-12-19(6-3-13(15)11-14)7-10-21-18(19)24/h1-2,4-5,8-9,11,25H,3,6-7,10,12H2,(H,21,24)/t19-/m1/s1. The van der Waals surface area contributed by atoms with E-state index in [1.54, 1.807) is 18.2 Å². The minimum atomic E-state index is -0.479. The number of benzene rings is 1. The second-order valence-electron chi connectivity index (χ2n) is 6.77. The van der Waals surface area contributed by atoms with Crippen molar-refractivity contribution in [3.8, 4) is 0 Å². The Morgan fingerprint density at radius 3 is 2.68 bits per heavy atom. The van der Waals surface area contributed by atoms with Crippen molar-refractivity contribution in [3.05, 3.63) is 59.4 Å². The predicted octanol–water partition coefficient (Wildman–Crippen LogP) is 2.11. The summed E-state index contributed by atoms with van der Waals surface area (Å²) in [4.78, 5) is 28.6. The molecule has 0 bridgehead atoms. The molecule has 6 nitrogen and oxygen atoms in total. The number of carbonyl (C=O) groups excluding carboxylic acids is 2. The first-order chi connectivity index (χ1) is 12.1. The smallest absolute Gasteiger partial charge is 0.281 e. The zero-order chi connectivity index (χ0) is 17.4. The third-order valence-corrected chi connectivity index (χ3v) is 5.33.